The zero-order chi connectivity index (χ0) is 16.3. The Morgan fingerprint density at radius 1 is 1.14 bits per heavy atom. The first-order valence-electron chi connectivity index (χ1n) is 7.23. The minimum absolute atomic E-state index is 0.152. The van der Waals surface area contributed by atoms with Crippen LogP contribution in [0.1, 0.15) is 47.4 Å². The van der Waals surface area contributed by atoms with Crippen molar-refractivity contribution in [2.75, 3.05) is 23.7 Å². The number of aromatic nitrogens is 2. The van der Waals surface area contributed by atoms with Crippen molar-refractivity contribution in [3.63, 3.8) is 0 Å². The zero-order valence-corrected chi connectivity index (χ0v) is 13.9. The highest BCUT2D eigenvalue weighted by molar-refractivity contribution is 5.80. The first kappa shape index (κ1) is 17.2. The highest BCUT2D eigenvalue weighted by Gasteiger charge is 2.25. The number of carbonyl (C=O) groups is 1. The van der Waals surface area contributed by atoms with E-state index in [9.17, 15) is 4.79 Å². The van der Waals surface area contributed by atoms with Gasteiger partial charge in [0.2, 0.25) is 5.91 Å². The van der Waals surface area contributed by atoms with Gasteiger partial charge in [0.25, 0.3) is 0 Å². The quantitative estimate of drug-likeness (QED) is 0.747. The summed E-state index contributed by atoms with van der Waals surface area (Å²) in [7, 11) is 0. The van der Waals surface area contributed by atoms with Gasteiger partial charge >= 0.3 is 0 Å². The van der Waals surface area contributed by atoms with Crippen LogP contribution >= 0.6 is 0 Å². The number of amides is 1. The molecule has 0 bridgehead atoms. The maximum absolute atomic E-state index is 11.4. The third-order valence-electron chi connectivity index (χ3n) is 3.13. The first-order chi connectivity index (χ1) is 9.56. The molecule has 21 heavy (non-hydrogen) atoms. The minimum atomic E-state index is -0.634. The average molecular weight is 293 g/mol. The molecule has 1 aromatic rings. The molecular weight excluding hydrogens is 266 g/mol. The van der Waals surface area contributed by atoms with Crippen molar-refractivity contribution >= 4 is 17.5 Å². The third kappa shape index (κ3) is 4.88. The summed E-state index contributed by atoms with van der Waals surface area (Å²) in [6.07, 6.45) is 0. The van der Waals surface area contributed by atoms with Crippen LogP contribution in [0, 0.1) is 5.41 Å². The molecular formula is C15H27N5O. The molecule has 0 saturated heterocycles. The van der Waals surface area contributed by atoms with Crippen LogP contribution in [0.5, 0.6) is 0 Å². The molecule has 0 radical (unpaired) electrons. The molecule has 0 aromatic carbocycles. The highest BCUT2D eigenvalue weighted by Crippen LogP contribution is 2.23. The van der Waals surface area contributed by atoms with E-state index in [-0.39, 0.29) is 11.3 Å². The van der Waals surface area contributed by atoms with Crippen LogP contribution < -0.4 is 16.4 Å². The lowest BCUT2D eigenvalue weighted by atomic mass is 9.93. The number of nitrogens with zero attached hydrogens (tertiary/aromatic N) is 2. The monoisotopic (exact) mass is 293 g/mol. The Morgan fingerprint density at radius 3 is 2.10 bits per heavy atom. The lowest BCUT2D eigenvalue weighted by molar-refractivity contribution is -0.125. The lowest BCUT2D eigenvalue weighted by Crippen LogP contribution is -2.37. The van der Waals surface area contributed by atoms with E-state index >= 15 is 0 Å². The summed E-state index contributed by atoms with van der Waals surface area (Å²) in [5.74, 6) is 1.88. The molecule has 1 aromatic heterocycles. The smallest absolute Gasteiger partial charge is 0.224 e. The van der Waals surface area contributed by atoms with Gasteiger partial charge in [-0.2, -0.15) is 0 Å². The first-order valence-corrected chi connectivity index (χ1v) is 7.23. The second kappa shape index (κ2) is 6.28. The molecule has 0 aliphatic heterocycles. The summed E-state index contributed by atoms with van der Waals surface area (Å²) in [5, 5.41) is 6.38. The van der Waals surface area contributed by atoms with Crippen molar-refractivity contribution in [1.82, 2.24) is 9.97 Å². The van der Waals surface area contributed by atoms with Crippen molar-refractivity contribution in [3.8, 4) is 0 Å². The van der Waals surface area contributed by atoms with Gasteiger partial charge in [-0.3, -0.25) is 4.79 Å². The van der Waals surface area contributed by atoms with E-state index in [1.165, 1.54) is 0 Å². The number of nitrogens with two attached hydrogens (primary N) is 1. The van der Waals surface area contributed by atoms with E-state index < -0.39 is 5.41 Å². The van der Waals surface area contributed by atoms with Crippen molar-refractivity contribution in [1.29, 1.82) is 0 Å². The molecule has 0 saturated carbocycles. The van der Waals surface area contributed by atoms with Crippen molar-refractivity contribution in [3.05, 3.63) is 11.9 Å². The van der Waals surface area contributed by atoms with Gasteiger partial charge in [0.15, 0.2) is 0 Å². The van der Waals surface area contributed by atoms with Crippen molar-refractivity contribution < 1.29 is 4.79 Å². The molecule has 6 nitrogen and oxygen atoms in total. The second-order valence-electron chi connectivity index (χ2n) is 6.84. The molecule has 0 fully saturated rings. The second-order valence-corrected chi connectivity index (χ2v) is 6.84. The van der Waals surface area contributed by atoms with E-state index in [4.69, 9.17) is 5.73 Å². The van der Waals surface area contributed by atoms with Crippen LogP contribution in [0.2, 0.25) is 0 Å². The van der Waals surface area contributed by atoms with E-state index in [1.54, 1.807) is 13.8 Å². The highest BCUT2D eigenvalue weighted by atomic mass is 16.1. The van der Waals surface area contributed by atoms with E-state index in [0.29, 0.717) is 12.4 Å². The summed E-state index contributed by atoms with van der Waals surface area (Å²) in [5.41, 5.74) is 4.60. The summed E-state index contributed by atoms with van der Waals surface area (Å²) < 4.78 is 0. The molecule has 118 valence electrons. The fraction of sp³-hybridized carbons (Fsp3) is 0.667. The van der Waals surface area contributed by atoms with Gasteiger partial charge in [0, 0.05) is 24.6 Å². The van der Waals surface area contributed by atoms with Gasteiger partial charge in [-0.25, -0.2) is 9.97 Å². The number of hydrogen-bond acceptors (Lipinski definition) is 5. The normalized spacial score (nSPS) is 12.1. The fourth-order valence-electron chi connectivity index (χ4n) is 1.54. The maximum Gasteiger partial charge on any atom is 0.224 e. The molecule has 0 unspecified atom stereocenters. The molecule has 6 heteroatoms. The van der Waals surface area contributed by atoms with Gasteiger partial charge in [0.1, 0.15) is 17.5 Å². The van der Waals surface area contributed by atoms with Crippen LogP contribution in [0.4, 0.5) is 11.6 Å². The summed E-state index contributed by atoms with van der Waals surface area (Å²) >= 11 is 0. The van der Waals surface area contributed by atoms with Crippen LogP contribution in [0.3, 0.4) is 0 Å². The van der Waals surface area contributed by atoms with Gasteiger partial charge in [-0.15, -0.1) is 0 Å². The fourth-order valence-corrected chi connectivity index (χ4v) is 1.54. The molecule has 1 rings (SSSR count). The summed E-state index contributed by atoms with van der Waals surface area (Å²) in [6, 6.07) is 1.84. The van der Waals surface area contributed by atoms with Crippen molar-refractivity contribution in [2.24, 2.45) is 11.1 Å². The Hall–Kier alpha value is -1.85. The Kier molecular flexibility index (Phi) is 5.15. The maximum atomic E-state index is 11.4. The number of carbonyl (C=O) groups excluding carboxylic acids is 1. The SMILES string of the molecule is CCNc1cc(NCC(C)(C)C(N)=O)nc(C(C)(C)C)n1. The Labute approximate surface area is 126 Å². The summed E-state index contributed by atoms with van der Waals surface area (Å²) in [4.78, 5) is 20.4. The largest absolute Gasteiger partial charge is 0.370 e. The van der Waals surface area contributed by atoms with E-state index in [1.807, 2.05) is 13.0 Å². The Morgan fingerprint density at radius 2 is 1.67 bits per heavy atom. The van der Waals surface area contributed by atoms with Crippen molar-refractivity contribution in [2.45, 2.75) is 47.0 Å². The molecule has 0 aliphatic rings. The van der Waals surface area contributed by atoms with Crippen LogP contribution in [-0.4, -0.2) is 29.0 Å². The van der Waals surface area contributed by atoms with Crippen LogP contribution in [0.15, 0.2) is 6.07 Å². The number of anilines is 2. The zero-order valence-electron chi connectivity index (χ0n) is 13.9. The third-order valence-corrected chi connectivity index (χ3v) is 3.13. The van der Waals surface area contributed by atoms with Gasteiger partial charge in [0.05, 0.1) is 5.41 Å². The Bertz CT molecular complexity index is 505. The predicted octanol–water partition coefficient (Wildman–Crippen LogP) is 2.13. The summed E-state index contributed by atoms with van der Waals surface area (Å²) in [6.45, 7) is 13.0. The Balaban J connectivity index is 3.01. The van der Waals surface area contributed by atoms with Crippen LogP contribution in [0.25, 0.3) is 0 Å². The topological polar surface area (TPSA) is 92.9 Å². The molecule has 1 amide bonds. The molecule has 0 atom stereocenters. The number of primary amides is 1. The number of rotatable bonds is 6. The number of nitrogens with one attached hydrogen (secondary N) is 2. The van der Waals surface area contributed by atoms with E-state index in [0.717, 1.165) is 18.2 Å². The van der Waals surface area contributed by atoms with E-state index in [2.05, 4.69) is 41.4 Å². The standard InChI is InChI=1S/C15H27N5O/c1-7-17-10-8-11(18-9-15(5,6)12(16)21)20-13(19-10)14(2,3)4/h8H,7,9H2,1-6H3,(H2,16,21)(H2,17,18,19,20). The molecule has 4 N–H and O–H groups in total. The molecule has 0 spiro atoms. The van der Waals surface area contributed by atoms with Gasteiger partial charge in [-0.05, 0) is 20.8 Å². The number of hydrogen-bond donors (Lipinski definition) is 3. The lowest BCUT2D eigenvalue weighted by Gasteiger charge is -2.23. The van der Waals surface area contributed by atoms with Gasteiger partial charge in [-0.1, -0.05) is 20.8 Å². The van der Waals surface area contributed by atoms with Gasteiger partial charge < -0.3 is 16.4 Å². The molecule has 1 heterocycles. The molecule has 0 aliphatic carbocycles. The minimum Gasteiger partial charge on any atom is -0.370 e. The predicted molar refractivity (Wildman–Crippen MR) is 86.4 cm³/mol. The van der Waals surface area contributed by atoms with Crippen LogP contribution in [-0.2, 0) is 10.2 Å². The average Bonchev–Trinajstić information content (AvgIpc) is 2.35.